The molecule has 2 amide bonds. The Morgan fingerprint density at radius 2 is 1.60 bits per heavy atom. The lowest BCUT2D eigenvalue weighted by Crippen LogP contribution is -2.57. The van der Waals surface area contributed by atoms with Gasteiger partial charge in [0.2, 0.25) is 21.8 Å². The topological polar surface area (TPSA) is 74.8 Å². The van der Waals surface area contributed by atoms with E-state index in [-0.39, 0.29) is 53.2 Å². The van der Waals surface area contributed by atoms with Crippen molar-refractivity contribution in [3.8, 4) is 0 Å². The third-order valence-electron chi connectivity index (χ3n) is 10.7. The first kappa shape index (κ1) is 24.9. The number of amides is 2. The zero-order valence-electron chi connectivity index (χ0n) is 21.7. The van der Waals surface area contributed by atoms with Crippen LogP contribution in [0.1, 0.15) is 83.8 Å². The van der Waals surface area contributed by atoms with E-state index in [2.05, 4.69) is 45.0 Å². The van der Waals surface area contributed by atoms with Crippen LogP contribution in [-0.4, -0.2) is 54.3 Å². The molecule has 35 heavy (non-hydrogen) atoms. The molecule has 6 nitrogen and oxygen atoms in total. The highest BCUT2D eigenvalue weighted by Crippen LogP contribution is 2.60. The number of carbonyl (C=O) groups is 2. The van der Waals surface area contributed by atoms with Gasteiger partial charge >= 0.3 is 0 Å². The van der Waals surface area contributed by atoms with E-state index >= 15 is 0 Å². The van der Waals surface area contributed by atoms with Crippen molar-refractivity contribution in [2.45, 2.75) is 90.5 Å². The number of aryl methyl sites for hydroxylation is 1. The molecule has 2 aliphatic heterocycles. The first-order valence-electron chi connectivity index (χ1n) is 13.4. The van der Waals surface area contributed by atoms with Gasteiger partial charge in [-0.1, -0.05) is 52.0 Å². The molecule has 5 rings (SSSR count). The summed E-state index contributed by atoms with van der Waals surface area (Å²) in [5.41, 5.74) is 1.96. The van der Waals surface area contributed by atoms with Crippen molar-refractivity contribution in [1.29, 1.82) is 0 Å². The Morgan fingerprint density at radius 1 is 0.971 bits per heavy atom. The summed E-state index contributed by atoms with van der Waals surface area (Å²) in [6.07, 6.45) is 5.67. The minimum Gasteiger partial charge on any atom is -0.279 e. The van der Waals surface area contributed by atoms with Gasteiger partial charge in [0, 0.05) is 37.4 Å². The van der Waals surface area contributed by atoms with Crippen LogP contribution >= 0.6 is 0 Å². The summed E-state index contributed by atoms with van der Waals surface area (Å²) < 4.78 is 29.7. The number of hydrogen-bond donors (Lipinski definition) is 0. The van der Waals surface area contributed by atoms with Gasteiger partial charge in [-0.15, -0.1) is 0 Å². The lowest BCUT2D eigenvalue weighted by atomic mass is 9.63. The number of fused-ring (bicyclic) bond motifs is 2. The summed E-state index contributed by atoms with van der Waals surface area (Å²) in [7, 11) is -3.57. The van der Waals surface area contributed by atoms with Gasteiger partial charge in [0.1, 0.15) is 0 Å². The Balaban J connectivity index is 1.41. The molecule has 3 atom stereocenters. The molecular weight excluding hydrogens is 460 g/mol. The van der Waals surface area contributed by atoms with Crippen molar-refractivity contribution < 1.29 is 18.0 Å². The zero-order chi connectivity index (χ0) is 25.2. The molecule has 1 aromatic carbocycles. The van der Waals surface area contributed by atoms with Crippen molar-refractivity contribution in [3.63, 3.8) is 0 Å². The standard InChI is InChI=1S/C28H40N2O4S/c1-5-28(23(18-20(2)26(28,3)4)30-24(31)10-11-25(30)32)19-35(33,34)29-16-14-27(15-17-29)13-12-21-8-6-7-9-22(21)27/h6-9,20,23H,5,10-19H2,1-4H3. The molecule has 4 aliphatic rings. The molecule has 3 unspecified atom stereocenters. The average Bonchev–Trinajstić information content (AvgIpc) is 3.41. The molecule has 2 heterocycles. The van der Waals surface area contributed by atoms with Crippen molar-refractivity contribution >= 4 is 21.8 Å². The molecule has 0 bridgehead atoms. The van der Waals surface area contributed by atoms with Crippen LogP contribution in [0.2, 0.25) is 0 Å². The van der Waals surface area contributed by atoms with E-state index in [1.54, 1.807) is 4.31 Å². The van der Waals surface area contributed by atoms with E-state index in [0.29, 0.717) is 25.9 Å². The molecule has 1 aromatic rings. The van der Waals surface area contributed by atoms with Crippen LogP contribution in [0.3, 0.4) is 0 Å². The fraction of sp³-hybridized carbons (Fsp3) is 0.714. The molecule has 192 valence electrons. The van der Waals surface area contributed by atoms with Crippen molar-refractivity contribution in [3.05, 3.63) is 35.4 Å². The average molecular weight is 501 g/mol. The Hall–Kier alpha value is -1.73. The quantitative estimate of drug-likeness (QED) is 0.566. The largest absolute Gasteiger partial charge is 0.279 e. The predicted molar refractivity (Wildman–Crippen MR) is 136 cm³/mol. The summed E-state index contributed by atoms with van der Waals surface area (Å²) in [5, 5.41) is 0. The van der Waals surface area contributed by atoms with Gasteiger partial charge in [-0.25, -0.2) is 12.7 Å². The van der Waals surface area contributed by atoms with Gasteiger partial charge in [0.15, 0.2) is 0 Å². The van der Waals surface area contributed by atoms with Crippen molar-refractivity contribution in [1.82, 2.24) is 9.21 Å². The maximum Gasteiger partial charge on any atom is 0.229 e. The molecular formula is C28H40N2O4S. The molecule has 1 saturated carbocycles. The zero-order valence-corrected chi connectivity index (χ0v) is 22.5. The molecule has 2 saturated heterocycles. The molecule has 7 heteroatoms. The van der Waals surface area contributed by atoms with Crippen LogP contribution in [0.4, 0.5) is 0 Å². The van der Waals surface area contributed by atoms with Gasteiger partial charge in [-0.2, -0.15) is 0 Å². The van der Waals surface area contributed by atoms with E-state index < -0.39 is 15.4 Å². The maximum atomic E-state index is 14.0. The molecule has 0 radical (unpaired) electrons. The number of benzene rings is 1. The SMILES string of the molecule is CCC1(CS(=O)(=O)N2CCC3(CCc4ccccc43)CC2)C(N2C(=O)CCC2=O)CC(C)C1(C)C. The minimum atomic E-state index is -3.57. The lowest BCUT2D eigenvalue weighted by Gasteiger charge is -2.49. The second-order valence-corrected chi connectivity index (χ2v) is 14.1. The molecule has 3 fully saturated rings. The Morgan fingerprint density at radius 3 is 2.23 bits per heavy atom. The third kappa shape index (κ3) is 3.63. The smallest absolute Gasteiger partial charge is 0.229 e. The van der Waals surface area contributed by atoms with Gasteiger partial charge in [-0.3, -0.25) is 14.5 Å². The summed E-state index contributed by atoms with van der Waals surface area (Å²) >= 11 is 0. The minimum absolute atomic E-state index is 0.000840. The fourth-order valence-corrected chi connectivity index (χ4v) is 10.4. The van der Waals surface area contributed by atoms with E-state index in [0.717, 1.165) is 25.7 Å². The second-order valence-electron chi connectivity index (χ2n) is 12.1. The van der Waals surface area contributed by atoms with Gasteiger partial charge in [-0.05, 0) is 66.4 Å². The molecule has 1 spiro atoms. The van der Waals surface area contributed by atoms with Gasteiger partial charge < -0.3 is 0 Å². The number of imide groups is 1. The summed E-state index contributed by atoms with van der Waals surface area (Å²) in [5.74, 6) is -0.0672. The maximum absolute atomic E-state index is 14.0. The van der Waals surface area contributed by atoms with Crippen LogP contribution in [0.25, 0.3) is 0 Å². The monoisotopic (exact) mass is 500 g/mol. The fourth-order valence-electron chi connectivity index (χ4n) is 8.04. The molecule has 0 aromatic heterocycles. The number of nitrogens with zero attached hydrogens (tertiary/aromatic N) is 2. The highest BCUT2D eigenvalue weighted by atomic mass is 32.2. The normalized spacial score (nSPS) is 32.5. The van der Waals surface area contributed by atoms with Gasteiger partial charge in [0.25, 0.3) is 0 Å². The van der Waals surface area contributed by atoms with E-state index in [1.807, 2.05) is 6.92 Å². The Bertz CT molecular complexity index is 1120. The van der Waals surface area contributed by atoms with E-state index in [1.165, 1.54) is 16.0 Å². The van der Waals surface area contributed by atoms with Crippen molar-refractivity contribution in [2.75, 3.05) is 18.8 Å². The van der Waals surface area contributed by atoms with Crippen LogP contribution in [-0.2, 0) is 31.4 Å². The third-order valence-corrected chi connectivity index (χ3v) is 12.8. The number of rotatable bonds is 5. The number of hydrogen-bond acceptors (Lipinski definition) is 4. The second kappa shape index (κ2) is 8.41. The summed E-state index contributed by atoms with van der Waals surface area (Å²) in [6.45, 7) is 9.54. The Labute approximate surface area is 210 Å². The summed E-state index contributed by atoms with van der Waals surface area (Å²) in [4.78, 5) is 26.9. The Kier molecular flexibility index (Phi) is 5.99. The van der Waals surface area contributed by atoms with E-state index in [9.17, 15) is 18.0 Å². The number of sulfonamides is 1. The van der Waals surface area contributed by atoms with Crippen LogP contribution in [0.15, 0.2) is 24.3 Å². The van der Waals surface area contributed by atoms with E-state index in [4.69, 9.17) is 0 Å². The molecule has 2 aliphatic carbocycles. The van der Waals surface area contributed by atoms with Crippen molar-refractivity contribution in [2.24, 2.45) is 16.7 Å². The van der Waals surface area contributed by atoms with Crippen LogP contribution in [0.5, 0.6) is 0 Å². The number of carbonyl (C=O) groups excluding carboxylic acids is 2. The summed E-state index contributed by atoms with van der Waals surface area (Å²) in [6, 6.07) is 8.29. The number of piperidine rings is 1. The highest BCUT2D eigenvalue weighted by molar-refractivity contribution is 7.89. The van der Waals surface area contributed by atoms with Gasteiger partial charge in [0.05, 0.1) is 5.75 Å². The first-order chi connectivity index (χ1) is 16.5. The van der Waals surface area contributed by atoms with Crippen LogP contribution in [0, 0.1) is 16.7 Å². The highest BCUT2D eigenvalue weighted by Gasteiger charge is 2.63. The predicted octanol–water partition coefficient (Wildman–Crippen LogP) is 4.28. The van der Waals surface area contributed by atoms with Crippen LogP contribution < -0.4 is 0 Å². The lowest BCUT2D eigenvalue weighted by molar-refractivity contribution is -0.144. The molecule has 0 N–H and O–H groups in total. The number of likely N-dealkylation sites (tertiary alicyclic amines) is 1. The first-order valence-corrected chi connectivity index (χ1v) is 15.0.